The second kappa shape index (κ2) is 6.89. The molecule has 20 heavy (non-hydrogen) atoms. The summed E-state index contributed by atoms with van der Waals surface area (Å²) in [7, 11) is 0. The van der Waals surface area contributed by atoms with Gasteiger partial charge in [-0.2, -0.15) is 0 Å². The van der Waals surface area contributed by atoms with Crippen LogP contribution in [0.15, 0.2) is 24.3 Å². The van der Waals surface area contributed by atoms with Gasteiger partial charge in [-0.1, -0.05) is 38.1 Å². The smallest absolute Gasteiger partial charge is 0.222 e. The van der Waals surface area contributed by atoms with E-state index >= 15 is 0 Å². The van der Waals surface area contributed by atoms with E-state index in [9.17, 15) is 4.79 Å². The van der Waals surface area contributed by atoms with Gasteiger partial charge in [-0.3, -0.25) is 4.79 Å². The van der Waals surface area contributed by atoms with Crippen LogP contribution in [0.1, 0.15) is 50.2 Å². The zero-order chi connectivity index (χ0) is 14.5. The molecule has 1 saturated heterocycles. The van der Waals surface area contributed by atoms with Gasteiger partial charge in [0.1, 0.15) is 0 Å². The highest BCUT2D eigenvalue weighted by atomic mass is 16.2. The molecule has 3 nitrogen and oxygen atoms in total. The lowest BCUT2D eigenvalue weighted by Gasteiger charge is -2.30. The zero-order valence-corrected chi connectivity index (χ0v) is 12.6. The van der Waals surface area contributed by atoms with Gasteiger partial charge in [0, 0.05) is 25.6 Å². The number of likely N-dealkylation sites (tertiary alicyclic amines) is 1. The molecular formula is C17H26N2O. The molecule has 2 rings (SSSR count). The number of rotatable bonds is 4. The Labute approximate surface area is 122 Å². The van der Waals surface area contributed by atoms with E-state index in [1.54, 1.807) is 0 Å². The predicted molar refractivity (Wildman–Crippen MR) is 82.6 cm³/mol. The van der Waals surface area contributed by atoms with Gasteiger partial charge in [-0.05, 0) is 36.3 Å². The van der Waals surface area contributed by atoms with E-state index in [1.807, 2.05) is 4.90 Å². The second-order valence-electron chi connectivity index (χ2n) is 6.11. The van der Waals surface area contributed by atoms with E-state index in [2.05, 4.69) is 38.1 Å². The average Bonchev–Trinajstić information content (AvgIpc) is 2.46. The monoisotopic (exact) mass is 274 g/mol. The van der Waals surface area contributed by atoms with Crippen LogP contribution in [0.2, 0.25) is 0 Å². The summed E-state index contributed by atoms with van der Waals surface area (Å²) in [5.74, 6) is 0.827. The minimum atomic E-state index is 0.268. The van der Waals surface area contributed by atoms with Crippen molar-refractivity contribution in [3.05, 3.63) is 35.4 Å². The summed E-state index contributed by atoms with van der Waals surface area (Å²) in [6.07, 6.45) is 3.32. The van der Waals surface area contributed by atoms with Gasteiger partial charge >= 0.3 is 0 Å². The number of aryl methyl sites for hydroxylation is 1. The van der Waals surface area contributed by atoms with E-state index in [1.165, 1.54) is 11.1 Å². The van der Waals surface area contributed by atoms with Crippen LogP contribution in [-0.4, -0.2) is 29.9 Å². The van der Waals surface area contributed by atoms with Crippen LogP contribution in [0.5, 0.6) is 0 Å². The Bertz CT molecular complexity index is 431. The Balaban J connectivity index is 1.81. The van der Waals surface area contributed by atoms with Crippen LogP contribution in [0.3, 0.4) is 0 Å². The third-order valence-electron chi connectivity index (χ3n) is 4.17. The molecule has 0 bridgehead atoms. The van der Waals surface area contributed by atoms with Crippen molar-refractivity contribution in [1.82, 2.24) is 4.90 Å². The highest BCUT2D eigenvalue weighted by Gasteiger charge is 2.19. The molecule has 0 radical (unpaired) electrons. The van der Waals surface area contributed by atoms with Crippen LogP contribution in [-0.2, 0) is 11.2 Å². The van der Waals surface area contributed by atoms with E-state index in [0.717, 1.165) is 32.4 Å². The number of nitrogens with zero attached hydrogens (tertiary/aromatic N) is 1. The lowest BCUT2D eigenvalue weighted by atomic mass is 10.00. The number of benzene rings is 1. The Hall–Kier alpha value is -1.35. The molecule has 0 atom stereocenters. The van der Waals surface area contributed by atoms with Crippen LogP contribution in [0.4, 0.5) is 0 Å². The largest absolute Gasteiger partial charge is 0.343 e. The summed E-state index contributed by atoms with van der Waals surface area (Å²) < 4.78 is 0. The van der Waals surface area contributed by atoms with E-state index in [0.29, 0.717) is 12.3 Å². The maximum absolute atomic E-state index is 12.1. The molecule has 0 aliphatic carbocycles. The number of hydrogen-bond acceptors (Lipinski definition) is 2. The summed E-state index contributed by atoms with van der Waals surface area (Å²) in [6, 6.07) is 8.92. The minimum Gasteiger partial charge on any atom is -0.343 e. The number of hydrogen-bond donors (Lipinski definition) is 1. The van der Waals surface area contributed by atoms with E-state index in [4.69, 9.17) is 5.73 Å². The van der Waals surface area contributed by atoms with Crippen LogP contribution < -0.4 is 5.73 Å². The molecule has 1 amide bonds. The number of piperidine rings is 1. The Morgan fingerprint density at radius 3 is 2.40 bits per heavy atom. The normalized spacial score (nSPS) is 16.7. The topological polar surface area (TPSA) is 46.3 Å². The van der Waals surface area contributed by atoms with Gasteiger partial charge in [-0.15, -0.1) is 0 Å². The van der Waals surface area contributed by atoms with Crippen molar-refractivity contribution >= 4 is 5.91 Å². The van der Waals surface area contributed by atoms with E-state index in [-0.39, 0.29) is 11.9 Å². The minimum absolute atomic E-state index is 0.268. The molecule has 0 aromatic heterocycles. The quantitative estimate of drug-likeness (QED) is 0.917. The van der Waals surface area contributed by atoms with Crippen molar-refractivity contribution in [1.29, 1.82) is 0 Å². The highest BCUT2D eigenvalue weighted by molar-refractivity contribution is 5.76. The maximum atomic E-state index is 12.1. The summed E-state index contributed by atoms with van der Waals surface area (Å²) in [6.45, 7) is 6.04. The molecule has 0 spiro atoms. The Morgan fingerprint density at radius 2 is 1.85 bits per heavy atom. The van der Waals surface area contributed by atoms with Crippen molar-refractivity contribution < 1.29 is 4.79 Å². The first-order valence-corrected chi connectivity index (χ1v) is 7.68. The Morgan fingerprint density at radius 1 is 1.25 bits per heavy atom. The second-order valence-corrected chi connectivity index (χ2v) is 6.11. The molecule has 110 valence electrons. The number of carbonyl (C=O) groups excluding carboxylic acids is 1. The highest BCUT2D eigenvalue weighted by Crippen LogP contribution is 2.16. The van der Waals surface area contributed by atoms with Gasteiger partial charge in [0.2, 0.25) is 5.91 Å². The fourth-order valence-electron chi connectivity index (χ4n) is 2.63. The lowest BCUT2D eigenvalue weighted by Crippen LogP contribution is -2.42. The fraction of sp³-hybridized carbons (Fsp3) is 0.588. The van der Waals surface area contributed by atoms with Gasteiger partial charge in [0.15, 0.2) is 0 Å². The third kappa shape index (κ3) is 4.07. The van der Waals surface area contributed by atoms with Crippen LogP contribution in [0, 0.1) is 0 Å². The van der Waals surface area contributed by atoms with Gasteiger partial charge in [0.25, 0.3) is 0 Å². The molecular weight excluding hydrogens is 248 g/mol. The standard InChI is InChI=1S/C17H26N2O/c1-13(2)15-6-3-14(4-7-15)5-8-17(20)19-11-9-16(18)10-12-19/h3-4,6-7,13,16H,5,8-12,18H2,1-2H3. The molecule has 1 aliphatic rings. The zero-order valence-electron chi connectivity index (χ0n) is 12.6. The maximum Gasteiger partial charge on any atom is 0.222 e. The first kappa shape index (κ1) is 15.0. The molecule has 1 fully saturated rings. The van der Waals surface area contributed by atoms with Crippen molar-refractivity contribution in [3.8, 4) is 0 Å². The summed E-state index contributed by atoms with van der Waals surface area (Å²) >= 11 is 0. The number of nitrogens with two attached hydrogens (primary N) is 1. The van der Waals surface area contributed by atoms with Crippen LogP contribution in [0.25, 0.3) is 0 Å². The summed E-state index contributed by atoms with van der Waals surface area (Å²) in [5.41, 5.74) is 8.46. The lowest BCUT2D eigenvalue weighted by molar-refractivity contribution is -0.132. The van der Waals surface area contributed by atoms with Crippen molar-refractivity contribution in [2.45, 2.75) is 51.5 Å². The SMILES string of the molecule is CC(C)c1ccc(CCC(=O)N2CCC(N)CC2)cc1. The molecule has 1 aromatic carbocycles. The van der Waals surface area contributed by atoms with Crippen molar-refractivity contribution in [2.75, 3.05) is 13.1 Å². The number of carbonyl (C=O) groups is 1. The molecule has 0 unspecified atom stereocenters. The molecule has 1 aliphatic heterocycles. The first-order chi connectivity index (χ1) is 9.56. The average molecular weight is 274 g/mol. The third-order valence-corrected chi connectivity index (χ3v) is 4.17. The molecule has 1 heterocycles. The molecule has 2 N–H and O–H groups in total. The van der Waals surface area contributed by atoms with Gasteiger partial charge in [0.05, 0.1) is 0 Å². The first-order valence-electron chi connectivity index (χ1n) is 7.68. The summed E-state index contributed by atoms with van der Waals surface area (Å²) in [5, 5.41) is 0. The Kier molecular flexibility index (Phi) is 5.18. The molecule has 1 aromatic rings. The van der Waals surface area contributed by atoms with Crippen LogP contribution >= 0.6 is 0 Å². The van der Waals surface area contributed by atoms with Crippen molar-refractivity contribution in [3.63, 3.8) is 0 Å². The molecule has 3 heteroatoms. The van der Waals surface area contributed by atoms with Crippen molar-refractivity contribution in [2.24, 2.45) is 5.73 Å². The summed E-state index contributed by atoms with van der Waals surface area (Å²) in [4.78, 5) is 14.1. The van der Waals surface area contributed by atoms with E-state index < -0.39 is 0 Å². The number of amides is 1. The predicted octanol–water partition coefficient (Wildman–Crippen LogP) is 2.69. The molecule has 0 saturated carbocycles. The van der Waals surface area contributed by atoms with Gasteiger partial charge < -0.3 is 10.6 Å². The fourth-order valence-corrected chi connectivity index (χ4v) is 2.63. The van der Waals surface area contributed by atoms with Gasteiger partial charge in [-0.25, -0.2) is 0 Å².